The van der Waals surface area contributed by atoms with Crippen molar-refractivity contribution in [1.29, 1.82) is 0 Å². The average Bonchev–Trinajstić information content (AvgIpc) is 3.12. The number of imidazole rings is 1. The molecule has 144 valence electrons. The fraction of sp³-hybridized carbons (Fsp3) is 0.273. The molecule has 28 heavy (non-hydrogen) atoms. The lowest BCUT2D eigenvalue weighted by molar-refractivity contribution is -0.123. The SMILES string of the molecule is Cn1ccnc1C(NC(=O)CN1CCc2ccccc2C1)c1ccc(F)cc1. The maximum atomic E-state index is 13.3. The number of carbonyl (C=O) groups excluding carboxylic acids is 1. The van der Waals surface area contributed by atoms with Gasteiger partial charge in [0, 0.05) is 32.5 Å². The third kappa shape index (κ3) is 3.97. The van der Waals surface area contributed by atoms with Gasteiger partial charge in [0.05, 0.1) is 6.54 Å². The molecular weight excluding hydrogens is 355 g/mol. The second kappa shape index (κ2) is 7.94. The molecule has 1 aromatic heterocycles. The van der Waals surface area contributed by atoms with E-state index in [1.165, 1.54) is 23.3 Å². The summed E-state index contributed by atoms with van der Waals surface area (Å²) in [5, 5.41) is 3.08. The number of carbonyl (C=O) groups is 1. The van der Waals surface area contributed by atoms with Gasteiger partial charge < -0.3 is 9.88 Å². The Morgan fingerprint density at radius 1 is 1.18 bits per heavy atom. The van der Waals surface area contributed by atoms with Gasteiger partial charge in [0.15, 0.2) is 0 Å². The maximum absolute atomic E-state index is 13.3. The molecule has 5 nitrogen and oxygen atoms in total. The molecule has 0 radical (unpaired) electrons. The molecule has 3 aromatic rings. The molecule has 0 saturated carbocycles. The monoisotopic (exact) mass is 378 g/mol. The van der Waals surface area contributed by atoms with Crippen molar-refractivity contribution in [3.8, 4) is 0 Å². The lowest BCUT2D eigenvalue weighted by Gasteiger charge is -2.29. The first-order valence-electron chi connectivity index (χ1n) is 9.41. The third-order valence-electron chi connectivity index (χ3n) is 5.20. The minimum atomic E-state index is -0.426. The van der Waals surface area contributed by atoms with Crippen LogP contribution in [0.25, 0.3) is 0 Å². The largest absolute Gasteiger partial charge is 0.341 e. The number of hydrogen-bond donors (Lipinski definition) is 1. The van der Waals surface area contributed by atoms with Crippen molar-refractivity contribution < 1.29 is 9.18 Å². The zero-order valence-corrected chi connectivity index (χ0v) is 15.8. The van der Waals surface area contributed by atoms with Crippen molar-refractivity contribution in [2.45, 2.75) is 19.0 Å². The second-order valence-corrected chi connectivity index (χ2v) is 7.18. The lowest BCUT2D eigenvalue weighted by atomic mass is 10.00. The fourth-order valence-electron chi connectivity index (χ4n) is 3.71. The second-order valence-electron chi connectivity index (χ2n) is 7.18. The number of nitrogens with zero attached hydrogens (tertiary/aromatic N) is 3. The summed E-state index contributed by atoms with van der Waals surface area (Å²) in [5.41, 5.74) is 3.44. The van der Waals surface area contributed by atoms with Crippen LogP contribution in [0.15, 0.2) is 60.9 Å². The normalized spacial score (nSPS) is 15.1. The van der Waals surface area contributed by atoms with E-state index in [2.05, 4.69) is 33.4 Å². The van der Waals surface area contributed by atoms with Crippen LogP contribution in [-0.4, -0.2) is 33.4 Å². The lowest BCUT2D eigenvalue weighted by Crippen LogP contribution is -2.41. The predicted octanol–water partition coefficient (Wildman–Crippen LogP) is 2.82. The molecule has 1 aliphatic rings. The molecule has 2 heterocycles. The van der Waals surface area contributed by atoms with Crippen molar-refractivity contribution in [2.75, 3.05) is 13.1 Å². The van der Waals surface area contributed by atoms with Crippen LogP contribution in [0.2, 0.25) is 0 Å². The number of benzene rings is 2. The summed E-state index contributed by atoms with van der Waals surface area (Å²) in [7, 11) is 1.88. The number of fused-ring (bicyclic) bond motifs is 1. The van der Waals surface area contributed by atoms with E-state index in [9.17, 15) is 9.18 Å². The van der Waals surface area contributed by atoms with Crippen LogP contribution in [0.5, 0.6) is 0 Å². The number of halogens is 1. The van der Waals surface area contributed by atoms with E-state index >= 15 is 0 Å². The zero-order chi connectivity index (χ0) is 19.5. The quantitative estimate of drug-likeness (QED) is 0.743. The highest BCUT2D eigenvalue weighted by atomic mass is 19.1. The highest BCUT2D eigenvalue weighted by Crippen LogP contribution is 2.22. The van der Waals surface area contributed by atoms with Crippen molar-refractivity contribution in [3.05, 3.63) is 89.3 Å². The van der Waals surface area contributed by atoms with Gasteiger partial charge in [0.1, 0.15) is 17.7 Å². The number of rotatable bonds is 5. The summed E-state index contributed by atoms with van der Waals surface area (Å²) in [6.45, 7) is 1.94. The highest BCUT2D eigenvalue weighted by molar-refractivity contribution is 5.79. The van der Waals surface area contributed by atoms with Gasteiger partial charge >= 0.3 is 0 Å². The Kier molecular flexibility index (Phi) is 5.21. The minimum Gasteiger partial charge on any atom is -0.341 e. The van der Waals surface area contributed by atoms with Crippen molar-refractivity contribution in [2.24, 2.45) is 7.05 Å². The molecule has 0 saturated heterocycles. The Morgan fingerprint density at radius 3 is 2.64 bits per heavy atom. The van der Waals surface area contributed by atoms with Crippen LogP contribution < -0.4 is 5.32 Å². The molecule has 0 spiro atoms. The third-order valence-corrected chi connectivity index (χ3v) is 5.20. The van der Waals surface area contributed by atoms with Gasteiger partial charge in [-0.25, -0.2) is 9.37 Å². The average molecular weight is 378 g/mol. The summed E-state index contributed by atoms with van der Waals surface area (Å²) in [6, 6.07) is 14.1. The molecule has 1 aliphatic heterocycles. The Bertz CT molecular complexity index is 967. The van der Waals surface area contributed by atoms with E-state index in [1.54, 1.807) is 18.3 Å². The summed E-state index contributed by atoms with van der Waals surface area (Å²) in [5.74, 6) is 0.335. The molecule has 6 heteroatoms. The Balaban J connectivity index is 1.48. The Labute approximate surface area is 163 Å². The molecule has 1 unspecified atom stereocenters. The Hall–Kier alpha value is -2.99. The number of aryl methyl sites for hydroxylation is 1. The van der Waals surface area contributed by atoms with Crippen molar-refractivity contribution in [1.82, 2.24) is 19.8 Å². The van der Waals surface area contributed by atoms with E-state index in [0.29, 0.717) is 12.4 Å². The number of nitrogens with one attached hydrogen (secondary N) is 1. The summed E-state index contributed by atoms with van der Waals surface area (Å²) < 4.78 is 15.2. The number of aromatic nitrogens is 2. The van der Waals surface area contributed by atoms with Crippen LogP contribution in [0.4, 0.5) is 4.39 Å². The number of amides is 1. The van der Waals surface area contributed by atoms with Gasteiger partial charge in [-0.15, -0.1) is 0 Å². The van der Waals surface area contributed by atoms with Gasteiger partial charge in [0.25, 0.3) is 0 Å². The molecule has 0 fully saturated rings. The fourth-order valence-corrected chi connectivity index (χ4v) is 3.71. The molecule has 4 rings (SSSR count). The first kappa shape index (κ1) is 18.4. The van der Waals surface area contributed by atoms with E-state index in [0.717, 1.165) is 25.1 Å². The molecule has 1 amide bonds. The van der Waals surface area contributed by atoms with Gasteiger partial charge in [-0.05, 0) is 35.2 Å². The minimum absolute atomic E-state index is 0.0725. The van der Waals surface area contributed by atoms with Gasteiger partial charge in [-0.2, -0.15) is 0 Å². The topological polar surface area (TPSA) is 50.2 Å². The molecule has 0 aliphatic carbocycles. The van der Waals surface area contributed by atoms with Crippen molar-refractivity contribution >= 4 is 5.91 Å². The molecule has 2 aromatic carbocycles. The summed E-state index contributed by atoms with van der Waals surface area (Å²) in [4.78, 5) is 19.4. The van der Waals surface area contributed by atoms with Crippen molar-refractivity contribution in [3.63, 3.8) is 0 Å². The van der Waals surface area contributed by atoms with Crippen LogP contribution >= 0.6 is 0 Å². The van der Waals surface area contributed by atoms with Gasteiger partial charge in [-0.1, -0.05) is 36.4 Å². The summed E-state index contributed by atoms with van der Waals surface area (Å²) in [6.07, 6.45) is 4.48. The molecule has 1 N–H and O–H groups in total. The standard InChI is InChI=1S/C22H23FN4O/c1-26-13-11-24-22(26)21(17-6-8-19(23)9-7-17)25-20(28)15-27-12-10-16-4-2-3-5-18(16)14-27/h2-9,11,13,21H,10,12,14-15H2,1H3,(H,25,28). The van der Waals surface area contributed by atoms with Crippen LogP contribution in [-0.2, 0) is 24.8 Å². The van der Waals surface area contributed by atoms with Crippen LogP contribution in [0.1, 0.15) is 28.6 Å². The molecular formula is C22H23FN4O. The van der Waals surface area contributed by atoms with E-state index in [1.807, 2.05) is 23.9 Å². The van der Waals surface area contributed by atoms with E-state index in [4.69, 9.17) is 0 Å². The van der Waals surface area contributed by atoms with Crippen LogP contribution in [0, 0.1) is 5.82 Å². The number of hydrogen-bond acceptors (Lipinski definition) is 3. The maximum Gasteiger partial charge on any atom is 0.235 e. The van der Waals surface area contributed by atoms with E-state index < -0.39 is 6.04 Å². The first-order valence-corrected chi connectivity index (χ1v) is 9.41. The highest BCUT2D eigenvalue weighted by Gasteiger charge is 2.23. The summed E-state index contributed by atoms with van der Waals surface area (Å²) >= 11 is 0. The smallest absolute Gasteiger partial charge is 0.235 e. The molecule has 0 bridgehead atoms. The Morgan fingerprint density at radius 2 is 1.93 bits per heavy atom. The predicted molar refractivity (Wildman–Crippen MR) is 105 cm³/mol. The van der Waals surface area contributed by atoms with Crippen LogP contribution in [0.3, 0.4) is 0 Å². The van der Waals surface area contributed by atoms with Gasteiger partial charge in [-0.3, -0.25) is 9.69 Å². The van der Waals surface area contributed by atoms with Gasteiger partial charge in [0.2, 0.25) is 5.91 Å². The first-order chi connectivity index (χ1) is 13.6. The zero-order valence-electron chi connectivity index (χ0n) is 15.8. The molecule has 1 atom stereocenters. The van der Waals surface area contributed by atoms with E-state index in [-0.39, 0.29) is 11.7 Å².